The maximum absolute atomic E-state index is 12.6. The summed E-state index contributed by atoms with van der Waals surface area (Å²) in [6.45, 7) is 4.81. The molecule has 2 fully saturated rings. The molecule has 1 aromatic rings. The molecule has 2 amide bonds. The largest absolute Gasteiger partial charge is 0.333 e. The molecule has 1 N–H and O–H groups in total. The second-order valence-electron chi connectivity index (χ2n) is 7.62. The van der Waals surface area contributed by atoms with E-state index in [1.54, 1.807) is 4.90 Å². The Balaban J connectivity index is 1.51. The maximum atomic E-state index is 12.6. The van der Waals surface area contributed by atoms with Gasteiger partial charge >= 0.3 is 0 Å². The molecule has 0 spiro atoms. The van der Waals surface area contributed by atoms with Crippen LogP contribution in [0.2, 0.25) is 0 Å². The van der Waals surface area contributed by atoms with Gasteiger partial charge in [-0.25, -0.2) is 4.98 Å². The second kappa shape index (κ2) is 8.30. The molecule has 0 aromatic carbocycles. The molecule has 3 rings (SSSR count). The van der Waals surface area contributed by atoms with Crippen LogP contribution in [0.1, 0.15) is 61.9 Å². The van der Waals surface area contributed by atoms with Gasteiger partial charge in [-0.15, -0.1) is 11.3 Å². The maximum Gasteiger partial charge on any atom is 0.245 e. The zero-order chi connectivity index (χ0) is 17.8. The number of aryl methyl sites for hydroxylation is 2. The van der Waals surface area contributed by atoms with Gasteiger partial charge in [-0.05, 0) is 44.9 Å². The highest BCUT2D eigenvalue weighted by Gasteiger charge is 2.28. The number of carbonyl (C=O) groups is 2. The Morgan fingerprint density at radius 2 is 1.88 bits per heavy atom. The third-order valence-electron chi connectivity index (χ3n) is 5.38. The van der Waals surface area contributed by atoms with Crippen molar-refractivity contribution in [2.24, 2.45) is 11.8 Å². The number of amides is 2. The molecule has 0 atom stereocenters. The fraction of sp³-hybridized carbons (Fsp3) is 0.737. The molecule has 0 saturated heterocycles. The van der Waals surface area contributed by atoms with E-state index in [4.69, 9.17) is 0 Å². The van der Waals surface area contributed by atoms with Crippen LogP contribution in [0.4, 0.5) is 5.13 Å². The minimum Gasteiger partial charge on any atom is -0.333 e. The van der Waals surface area contributed by atoms with E-state index in [0.29, 0.717) is 23.4 Å². The minimum absolute atomic E-state index is 0.136. The lowest BCUT2D eigenvalue weighted by Crippen LogP contribution is -2.39. The molecule has 0 bridgehead atoms. The summed E-state index contributed by atoms with van der Waals surface area (Å²) in [6, 6.07) is 0. The molecule has 2 aliphatic rings. The Kier molecular flexibility index (Phi) is 6.10. The highest BCUT2D eigenvalue weighted by atomic mass is 32.1. The summed E-state index contributed by atoms with van der Waals surface area (Å²) in [4.78, 5) is 32.2. The van der Waals surface area contributed by atoms with E-state index in [1.807, 2.05) is 13.8 Å². The van der Waals surface area contributed by atoms with Crippen LogP contribution >= 0.6 is 11.3 Å². The van der Waals surface area contributed by atoms with E-state index in [2.05, 4.69) is 10.3 Å². The van der Waals surface area contributed by atoms with Crippen molar-refractivity contribution in [2.75, 3.05) is 18.4 Å². The summed E-state index contributed by atoms with van der Waals surface area (Å²) >= 11 is 1.48. The Morgan fingerprint density at radius 3 is 2.48 bits per heavy atom. The van der Waals surface area contributed by atoms with E-state index in [0.717, 1.165) is 23.5 Å². The van der Waals surface area contributed by atoms with Crippen LogP contribution in [0.5, 0.6) is 0 Å². The predicted octanol–water partition coefficient (Wildman–Crippen LogP) is 3.91. The molecule has 6 heteroatoms. The van der Waals surface area contributed by atoms with Gasteiger partial charge in [0.15, 0.2) is 5.13 Å². The number of aromatic nitrogens is 1. The monoisotopic (exact) mass is 363 g/mol. The van der Waals surface area contributed by atoms with Crippen LogP contribution < -0.4 is 5.32 Å². The zero-order valence-corrected chi connectivity index (χ0v) is 16.2. The minimum atomic E-state index is -0.136. The molecule has 2 aliphatic carbocycles. The summed E-state index contributed by atoms with van der Waals surface area (Å²) in [5.74, 6) is 1.30. The molecule has 0 radical (unpaired) electrons. The Labute approximate surface area is 154 Å². The quantitative estimate of drug-likeness (QED) is 0.762. The third-order valence-corrected chi connectivity index (χ3v) is 6.37. The van der Waals surface area contributed by atoms with Gasteiger partial charge in [0.2, 0.25) is 11.8 Å². The van der Waals surface area contributed by atoms with E-state index >= 15 is 0 Å². The van der Waals surface area contributed by atoms with Gasteiger partial charge in [-0.2, -0.15) is 0 Å². The van der Waals surface area contributed by atoms with Gasteiger partial charge in [0.25, 0.3) is 0 Å². The van der Waals surface area contributed by atoms with Crippen molar-refractivity contribution in [1.82, 2.24) is 9.88 Å². The van der Waals surface area contributed by atoms with Crippen LogP contribution in [0.15, 0.2) is 0 Å². The molecule has 0 aliphatic heterocycles. The first-order valence-electron chi connectivity index (χ1n) is 9.53. The van der Waals surface area contributed by atoms with Crippen molar-refractivity contribution in [2.45, 2.75) is 65.2 Å². The predicted molar refractivity (Wildman–Crippen MR) is 101 cm³/mol. The van der Waals surface area contributed by atoms with Crippen molar-refractivity contribution >= 4 is 28.3 Å². The fourth-order valence-corrected chi connectivity index (χ4v) is 4.34. The number of hydrogen-bond acceptors (Lipinski definition) is 4. The van der Waals surface area contributed by atoms with Crippen LogP contribution in [0.25, 0.3) is 0 Å². The van der Waals surface area contributed by atoms with Crippen molar-refractivity contribution in [3.8, 4) is 0 Å². The van der Waals surface area contributed by atoms with Crippen molar-refractivity contribution in [3.63, 3.8) is 0 Å². The van der Waals surface area contributed by atoms with Crippen LogP contribution in [-0.4, -0.2) is 34.8 Å². The summed E-state index contributed by atoms with van der Waals surface area (Å²) < 4.78 is 0. The highest BCUT2D eigenvalue weighted by molar-refractivity contribution is 7.15. The molecular weight excluding hydrogens is 334 g/mol. The standard InChI is InChI=1S/C19H29N3O2S/c1-13-14(2)25-19(20-13)21-17(23)12-22(11-16-7-8-16)18(24)10-9-15-5-3-4-6-15/h15-16H,3-12H2,1-2H3,(H,20,21,23). The molecule has 0 unspecified atom stereocenters. The molecule has 2 saturated carbocycles. The average Bonchev–Trinajstić information content (AvgIpc) is 3.12. The van der Waals surface area contributed by atoms with Crippen LogP contribution in [0.3, 0.4) is 0 Å². The molecule has 1 heterocycles. The van der Waals surface area contributed by atoms with Crippen LogP contribution in [-0.2, 0) is 9.59 Å². The first-order chi connectivity index (χ1) is 12.0. The smallest absolute Gasteiger partial charge is 0.245 e. The number of hydrogen-bond donors (Lipinski definition) is 1. The van der Waals surface area contributed by atoms with Crippen LogP contribution in [0, 0.1) is 25.7 Å². The normalized spacial score (nSPS) is 17.7. The Bertz CT molecular complexity index is 599. The Hall–Kier alpha value is -1.43. The second-order valence-corrected chi connectivity index (χ2v) is 8.82. The van der Waals surface area contributed by atoms with Gasteiger partial charge < -0.3 is 10.2 Å². The van der Waals surface area contributed by atoms with Crippen molar-refractivity contribution in [1.29, 1.82) is 0 Å². The number of rotatable bonds is 8. The van der Waals surface area contributed by atoms with Gasteiger partial charge in [0.1, 0.15) is 0 Å². The van der Waals surface area contributed by atoms with Gasteiger partial charge in [-0.3, -0.25) is 9.59 Å². The fourth-order valence-electron chi connectivity index (χ4n) is 3.51. The third kappa shape index (κ3) is 5.53. The van der Waals surface area contributed by atoms with E-state index < -0.39 is 0 Å². The first-order valence-corrected chi connectivity index (χ1v) is 10.3. The Morgan fingerprint density at radius 1 is 1.16 bits per heavy atom. The lowest BCUT2D eigenvalue weighted by Gasteiger charge is -2.22. The zero-order valence-electron chi connectivity index (χ0n) is 15.3. The SMILES string of the molecule is Cc1nc(NC(=O)CN(CC2CC2)C(=O)CCC2CCCC2)sc1C. The molecular formula is C19H29N3O2S. The van der Waals surface area contributed by atoms with E-state index in [1.165, 1.54) is 49.9 Å². The van der Waals surface area contributed by atoms with Gasteiger partial charge in [0, 0.05) is 17.8 Å². The summed E-state index contributed by atoms with van der Waals surface area (Å²) in [6.07, 6.45) is 9.06. The molecule has 138 valence electrons. The number of nitrogens with zero attached hydrogens (tertiary/aromatic N) is 2. The van der Waals surface area contributed by atoms with Gasteiger partial charge in [0.05, 0.1) is 12.2 Å². The lowest BCUT2D eigenvalue weighted by molar-refractivity contribution is -0.135. The summed E-state index contributed by atoms with van der Waals surface area (Å²) in [5, 5.41) is 3.48. The summed E-state index contributed by atoms with van der Waals surface area (Å²) in [7, 11) is 0. The number of nitrogens with one attached hydrogen (secondary N) is 1. The van der Waals surface area contributed by atoms with Crippen molar-refractivity contribution in [3.05, 3.63) is 10.6 Å². The number of thiazole rings is 1. The average molecular weight is 364 g/mol. The number of anilines is 1. The number of carbonyl (C=O) groups excluding carboxylic acids is 2. The van der Waals surface area contributed by atoms with Crippen molar-refractivity contribution < 1.29 is 9.59 Å². The molecule has 5 nitrogen and oxygen atoms in total. The lowest BCUT2D eigenvalue weighted by atomic mass is 10.0. The highest BCUT2D eigenvalue weighted by Crippen LogP contribution is 2.31. The van der Waals surface area contributed by atoms with Gasteiger partial charge in [-0.1, -0.05) is 25.7 Å². The summed E-state index contributed by atoms with van der Waals surface area (Å²) in [5.41, 5.74) is 0.947. The van der Waals surface area contributed by atoms with E-state index in [-0.39, 0.29) is 18.4 Å². The first kappa shape index (κ1) is 18.4. The topological polar surface area (TPSA) is 62.3 Å². The molecule has 25 heavy (non-hydrogen) atoms. The molecule has 1 aromatic heterocycles. The van der Waals surface area contributed by atoms with E-state index in [9.17, 15) is 9.59 Å².